The van der Waals surface area contributed by atoms with Crippen molar-refractivity contribution in [2.75, 3.05) is 5.73 Å². The Morgan fingerprint density at radius 3 is 2.68 bits per heavy atom. The van der Waals surface area contributed by atoms with Crippen LogP contribution >= 0.6 is 0 Å². The number of anilines is 1. The van der Waals surface area contributed by atoms with Gasteiger partial charge in [0.1, 0.15) is 5.82 Å². The summed E-state index contributed by atoms with van der Waals surface area (Å²) in [6.07, 6.45) is 0. The molecule has 0 aliphatic heterocycles. The minimum absolute atomic E-state index is 0.312. The number of carbonyl (C=O) groups excluding carboxylic acids is 1. The van der Waals surface area contributed by atoms with Gasteiger partial charge in [-0.15, -0.1) is 0 Å². The van der Waals surface area contributed by atoms with E-state index in [1.165, 1.54) is 12.1 Å². The van der Waals surface area contributed by atoms with Gasteiger partial charge < -0.3 is 11.1 Å². The van der Waals surface area contributed by atoms with E-state index in [-0.39, 0.29) is 5.91 Å². The van der Waals surface area contributed by atoms with Crippen LogP contribution in [0.25, 0.3) is 0 Å². The van der Waals surface area contributed by atoms with Crippen LogP contribution in [0.15, 0.2) is 42.5 Å². The molecule has 0 aliphatic rings. The Labute approximate surface area is 111 Å². The maximum atomic E-state index is 13.2. The highest BCUT2D eigenvalue weighted by atomic mass is 19.1. The molecule has 0 atom stereocenters. The molecule has 1 amide bonds. The number of carbonyl (C=O) groups is 1. The molecule has 2 rings (SSSR count). The number of aryl methyl sites for hydroxylation is 1. The van der Waals surface area contributed by atoms with Crippen LogP contribution in [0.1, 0.15) is 21.5 Å². The Bertz CT molecular complexity index is 591. The van der Waals surface area contributed by atoms with Gasteiger partial charge in [-0.05, 0) is 42.3 Å². The fourth-order valence-corrected chi connectivity index (χ4v) is 1.84. The average Bonchev–Trinajstić information content (AvgIpc) is 2.36. The van der Waals surface area contributed by atoms with Crippen LogP contribution in [-0.4, -0.2) is 5.91 Å². The first-order valence-electron chi connectivity index (χ1n) is 5.95. The van der Waals surface area contributed by atoms with Crippen molar-refractivity contribution in [2.24, 2.45) is 0 Å². The van der Waals surface area contributed by atoms with Crippen molar-refractivity contribution < 1.29 is 9.18 Å². The summed E-state index contributed by atoms with van der Waals surface area (Å²) in [5.41, 5.74) is 8.27. The van der Waals surface area contributed by atoms with Crippen LogP contribution in [0.5, 0.6) is 0 Å². The highest BCUT2D eigenvalue weighted by molar-refractivity contribution is 5.94. The average molecular weight is 258 g/mol. The molecule has 2 aromatic carbocycles. The topological polar surface area (TPSA) is 55.1 Å². The number of halogens is 1. The van der Waals surface area contributed by atoms with Crippen molar-refractivity contribution in [3.05, 3.63) is 65.0 Å². The van der Waals surface area contributed by atoms with E-state index in [9.17, 15) is 9.18 Å². The molecule has 0 saturated carbocycles. The molecule has 0 radical (unpaired) electrons. The van der Waals surface area contributed by atoms with Crippen molar-refractivity contribution in [2.45, 2.75) is 13.5 Å². The van der Waals surface area contributed by atoms with Gasteiger partial charge in [0.15, 0.2) is 0 Å². The van der Waals surface area contributed by atoms with Crippen molar-refractivity contribution in [1.29, 1.82) is 0 Å². The molecule has 0 aliphatic carbocycles. The summed E-state index contributed by atoms with van der Waals surface area (Å²) >= 11 is 0. The van der Waals surface area contributed by atoms with Gasteiger partial charge in [0.25, 0.3) is 5.91 Å². The van der Waals surface area contributed by atoms with Crippen molar-refractivity contribution in [3.63, 3.8) is 0 Å². The van der Waals surface area contributed by atoms with Crippen molar-refractivity contribution in [3.8, 4) is 0 Å². The Kier molecular flexibility index (Phi) is 3.80. The molecule has 0 heterocycles. The number of nitrogens with one attached hydrogen (secondary N) is 1. The Morgan fingerprint density at radius 2 is 2.00 bits per heavy atom. The molecule has 3 N–H and O–H groups in total. The molecular weight excluding hydrogens is 243 g/mol. The van der Waals surface area contributed by atoms with E-state index in [2.05, 4.69) is 5.32 Å². The first-order valence-corrected chi connectivity index (χ1v) is 5.95. The van der Waals surface area contributed by atoms with Crippen molar-refractivity contribution >= 4 is 11.6 Å². The van der Waals surface area contributed by atoms with E-state index in [1.54, 1.807) is 19.1 Å². The van der Waals surface area contributed by atoms with Gasteiger partial charge in [0.05, 0.1) is 0 Å². The third kappa shape index (κ3) is 3.31. The molecule has 98 valence electrons. The lowest BCUT2D eigenvalue weighted by atomic mass is 10.1. The molecule has 0 unspecified atom stereocenters. The molecule has 19 heavy (non-hydrogen) atoms. The SMILES string of the molecule is Cc1cc(F)cc(C(=O)NCc2ccccc2N)c1. The highest BCUT2D eigenvalue weighted by Crippen LogP contribution is 2.11. The van der Waals surface area contributed by atoms with Gasteiger partial charge in [0.2, 0.25) is 0 Å². The second kappa shape index (κ2) is 5.52. The fraction of sp³-hybridized carbons (Fsp3) is 0.133. The fourth-order valence-electron chi connectivity index (χ4n) is 1.84. The van der Waals surface area contributed by atoms with E-state index in [0.29, 0.717) is 23.4 Å². The lowest BCUT2D eigenvalue weighted by Crippen LogP contribution is -2.23. The zero-order chi connectivity index (χ0) is 13.8. The van der Waals surface area contributed by atoms with E-state index in [4.69, 9.17) is 5.73 Å². The lowest BCUT2D eigenvalue weighted by Gasteiger charge is -2.08. The molecule has 2 aromatic rings. The molecule has 3 nitrogen and oxygen atoms in total. The summed E-state index contributed by atoms with van der Waals surface area (Å²) < 4.78 is 13.2. The largest absolute Gasteiger partial charge is 0.398 e. The summed E-state index contributed by atoms with van der Waals surface area (Å²) in [5.74, 6) is -0.727. The number of amides is 1. The third-order valence-corrected chi connectivity index (χ3v) is 2.80. The summed E-state index contributed by atoms with van der Waals surface area (Å²) in [7, 11) is 0. The minimum atomic E-state index is -0.413. The van der Waals surface area contributed by atoms with Crippen LogP contribution < -0.4 is 11.1 Å². The number of nitrogen functional groups attached to an aromatic ring is 1. The molecule has 0 fully saturated rings. The highest BCUT2D eigenvalue weighted by Gasteiger charge is 2.08. The van der Waals surface area contributed by atoms with Gasteiger partial charge in [-0.2, -0.15) is 0 Å². The number of para-hydroxylation sites is 1. The minimum Gasteiger partial charge on any atom is -0.398 e. The number of rotatable bonds is 3. The molecule has 0 saturated heterocycles. The van der Waals surface area contributed by atoms with E-state index in [1.807, 2.05) is 18.2 Å². The first-order chi connectivity index (χ1) is 9.06. The summed E-state index contributed by atoms with van der Waals surface area (Å²) in [4.78, 5) is 11.9. The van der Waals surface area contributed by atoms with Gasteiger partial charge in [-0.1, -0.05) is 18.2 Å². The monoisotopic (exact) mass is 258 g/mol. The molecular formula is C15H15FN2O. The van der Waals surface area contributed by atoms with Crippen LogP contribution in [0.2, 0.25) is 0 Å². The molecule has 0 aromatic heterocycles. The van der Waals surface area contributed by atoms with E-state index < -0.39 is 5.82 Å². The number of nitrogens with two attached hydrogens (primary N) is 1. The third-order valence-electron chi connectivity index (χ3n) is 2.80. The zero-order valence-electron chi connectivity index (χ0n) is 10.6. The quantitative estimate of drug-likeness (QED) is 0.831. The Balaban J connectivity index is 2.08. The maximum absolute atomic E-state index is 13.2. The first kappa shape index (κ1) is 13.1. The van der Waals surface area contributed by atoms with Crippen LogP contribution in [-0.2, 0) is 6.54 Å². The summed E-state index contributed by atoms with van der Waals surface area (Å²) in [6.45, 7) is 2.07. The van der Waals surface area contributed by atoms with Crippen molar-refractivity contribution in [1.82, 2.24) is 5.32 Å². The van der Waals surface area contributed by atoms with Crippen LogP contribution in [0.4, 0.5) is 10.1 Å². The predicted octanol–water partition coefficient (Wildman–Crippen LogP) is 2.65. The van der Waals surface area contributed by atoms with Gasteiger partial charge in [-0.3, -0.25) is 4.79 Å². The molecule has 0 spiro atoms. The Hall–Kier alpha value is -2.36. The van der Waals surface area contributed by atoms with Gasteiger partial charge in [-0.25, -0.2) is 4.39 Å². The van der Waals surface area contributed by atoms with Gasteiger partial charge in [0, 0.05) is 17.8 Å². The predicted molar refractivity (Wildman–Crippen MR) is 73.2 cm³/mol. The summed E-state index contributed by atoms with van der Waals surface area (Å²) in [5, 5.41) is 2.72. The lowest BCUT2D eigenvalue weighted by molar-refractivity contribution is 0.0950. The van der Waals surface area contributed by atoms with E-state index in [0.717, 1.165) is 5.56 Å². The van der Waals surface area contributed by atoms with Crippen LogP contribution in [0.3, 0.4) is 0 Å². The second-order valence-corrected chi connectivity index (χ2v) is 4.40. The molecule has 0 bridgehead atoms. The van der Waals surface area contributed by atoms with E-state index >= 15 is 0 Å². The van der Waals surface area contributed by atoms with Gasteiger partial charge >= 0.3 is 0 Å². The second-order valence-electron chi connectivity index (χ2n) is 4.40. The summed E-state index contributed by atoms with van der Waals surface area (Å²) in [6, 6.07) is 11.5. The maximum Gasteiger partial charge on any atom is 0.251 e. The number of benzene rings is 2. The number of hydrogen-bond acceptors (Lipinski definition) is 2. The standard InChI is InChI=1S/C15H15FN2O/c1-10-6-12(8-13(16)7-10)15(19)18-9-11-4-2-3-5-14(11)17/h2-8H,9,17H2,1H3,(H,18,19). The smallest absolute Gasteiger partial charge is 0.251 e. The normalized spacial score (nSPS) is 10.2. The Morgan fingerprint density at radius 1 is 1.26 bits per heavy atom. The molecule has 4 heteroatoms. The van der Waals surface area contributed by atoms with Crippen LogP contribution in [0, 0.1) is 12.7 Å². The zero-order valence-corrected chi connectivity index (χ0v) is 10.6. The number of hydrogen-bond donors (Lipinski definition) is 2.